The quantitative estimate of drug-likeness (QED) is 0.664. The first kappa shape index (κ1) is 9.38. The summed E-state index contributed by atoms with van der Waals surface area (Å²) in [7, 11) is 0. The Morgan fingerprint density at radius 2 is 2.15 bits per heavy atom. The average Bonchev–Trinajstić information content (AvgIpc) is 2.03. The Hall–Kier alpha value is -1.71. The molecule has 13 heavy (non-hydrogen) atoms. The van der Waals surface area contributed by atoms with Crippen LogP contribution in [0.2, 0.25) is 0 Å². The SMILES string of the molecule is CC(=O)[n+]1ccccc1CC(=O)O. The highest BCUT2D eigenvalue weighted by molar-refractivity contribution is 5.70. The van der Waals surface area contributed by atoms with E-state index in [0.717, 1.165) is 0 Å². The summed E-state index contributed by atoms with van der Waals surface area (Å²) in [6, 6.07) is 5.01. The van der Waals surface area contributed by atoms with Crippen LogP contribution < -0.4 is 4.57 Å². The molecule has 68 valence electrons. The van der Waals surface area contributed by atoms with Crippen molar-refractivity contribution < 1.29 is 19.3 Å². The molecule has 1 aromatic heterocycles. The second-order valence-electron chi connectivity index (χ2n) is 2.65. The summed E-state index contributed by atoms with van der Waals surface area (Å²) >= 11 is 0. The van der Waals surface area contributed by atoms with E-state index >= 15 is 0 Å². The number of carboxylic acids is 1. The summed E-state index contributed by atoms with van der Waals surface area (Å²) in [6.07, 6.45) is 1.42. The minimum Gasteiger partial charge on any atom is -0.481 e. The lowest BCUT2D eigenvalue weighted by atomic mass is 10.2. The molecule has 0 saturated carbocycles. The van der Waals surface area contributed by atoms with Gasteiger partial charge in [-0.15, -0.1) is 4.57 Å². The van der Waals surface area contributed by atoms with Gasteiger partial charge in [0.05, 0.1) is 6.92 Å². The zero-order valence-corrected chi connectivity index (χ0v) is 7.23. The lowest BCUT2D eigenvalue weighted by Gasteiger charge is -1.95. The van der Waals surface area contributed by atoms with Gasteiger partial charge >= 0.3 is 11.9 Å². The number of nitrogens with zero attached hydrogens (tertiary/aromatic N) is 1. The Labute approximate surface area is 75.4 Å². The summed E-state index contributed by atoms with van der Waals surface area (Å²) in [4.78, 5) is 21.4. The molecule has 1 N–H and O–H groups in total. The molecule has 0 aliphatic rings. The fraction of sp³-hybridized carbons (Fsp3) is 0.222. The average molecular weight is 180 g/mol. The van der Waals surface area contributed by atoms with Crippen molar-refractivity contribution in [1.29, 1.82) is 0 Å². The Bertz CT molecular complexity index is 346. The Morgan fingerprint density at radius 3 is 2.69 bits per heavy atom. The first-order valence-corrected chi connectivity index (χ1v) is 3.83. The zero-order chi connectivity index (χ0) is 9.84. The van der Waals surface area contributed by atoms with Crippen LogP contribution in [0.4, 0.5) is 0 Å². The molecule has 0 aliphatic heterocycles. The van der Waals surface area contributed by atoms with Crippen LogP contribution in [0.5, 0.6) is 0 Å². The fourth-order valence-electron chi connectivity index (χ4n) is 1.08. The van der Waals surface area contributed by atoms with E-state index in [1.54, 1.807) is 24.4 Å². The molecule has 0 amide bonds. The van der Waals surface area contributed by atoms with Crippen LogP contribution in [0, 0.1) is 0 Å². The number of aliphatic carboxylic acids is 1. The van der Waals surface area contributed by atoms with Gasteiger partial charge in [0.2, 0.25) is 5.69 Å². The number of rotatable bonds is 2. The molecule has 4 heteroatoms. The predicted octanol–water partition coefficient (Wildman–Crippen LogP) is 0.261. The van der Waals surface area contributed by atoms with Crippen LogP contribution in [0.3, 0.4) is 0 Å². The molecular weight excluding hydrogens is 170 g/mol. The van der Waals surface area contributed by atoms with Gasteiger partial charge in [-0.3, -0.25) is 4.79 Å². The summed E-state index contributed by atoms with van der Waals surface area (Å²) < 4.78 is 1.33. The third-order valence-electron chi connectivity index (χ3n) is 1.62. The zero-order valence-electron chi connectivity index (χ0n) is 7.23. The minimum absolute atomic E-state index is 0.138. The van der Waals surface area contributed by atoms with Crippen molar-refractivity contribution in [1.82, 2.24) is 0 Å². The van der Waals surface area contributed by atoms with Gasteiger partial charge < -0.3 is 5.11 Å². The van der Waals surface area contributed by atoms with Crippen molar-refractivity contribution in [2.45, 2.75) is 13.3 Å². The highest BCUT2D eigenvalue weighted by Crippen LogP contribution is 1.92. The van der Waals surface area contributed by atoms with Crippen molar-refractivity contribution >= 4 is 11.9 Å². The van der Waals surface area contributed by atoms with Crippen molar-refractivity contribution in [2.75, 3.05) is 0 Å². The molecule has 0 aromatic carbocycles. The Morgan fingerprint density at radius 1 is 1.46 bits per heavy atom. The standard InChI is InChI=1S/C9H9NO3/c1-7(11)10-5-3-2-4-8(10)6-9(12)13/h2-5H,6H2,1H3/p+1. The third kappa shape index (κ3) is 2.37. The van der Waals surface area contributed by atoms with Gasteiger partial charge in [0.15, 0.2) is 6.20 Å². The van der Waals surface area contributed by atoms with E-state index in [4.69, 9.17) is 5.11 Å². The molecule has 0 atom stereocenters. The molecule has 1 aromatic rings. The monoisotopic (exact) mass is 180 g/mol. The second kappa shape index (κ2) is 3.80. The maximum absolute atomic E-state index is 11.0. The van der Waals surface area contributed by atoms with Crippen LogP contribution in [0.1, 0.15) is 17.4 Å². The Balaban J connectivity index is 3.04. The number of carbonyl (C=O) groups excluding carboxylic acids is 1. The lowest BCUT2D eigenvalue weighted by Crippen LogP contribution is -2.44. The van der Waals surface area contributed by atoms with Crippen LogP contribution in [0.15, 0.2) is 24.4 Å². The molecule has 0 bridgehead atoms. The summed E-state index contributed by atoms with van der Waals surface area (Å²) in [5.74, 6) is -1.13. The second-order valence-corrected chi connectivity index (χ2v) is 2.65. The number of aromatic nitrogens is 1. The number of hydrogen-bond donors (Lipinski definition) is 1. The molecule has 0 aliphatic carbocycles. The van der Waals surface area contributed by atoms with Gasteiger partial charge in [-0.2, -0.15) is 0 Å². The topological polar surface area (TPSA) is 58.2 Å². The van der Waals surface area contributed by atoms with Crippen LogP contribution in [-0.4, -0.2) is 17.0 Å². The van der Waals surface area contributed by atoms with Crippen molar-refractivity contribution in [3.63, 3.8) is 0 Å². The summed E-state index contributed by atoms with van der Waals surface area (Å²) in [5, 5.41) is 8.55. The van der Waals surface area contributed by atoms with Crippen molar-refractivity contribution in [2.24, 2.45) is 0 Å². The molecule has 0 spiro atoms. The highest BCUT2D eigenvalue weighted by atomic mass is 16.4. The van der Waals surface area contributed by atoms with Crippen LogP contribution >= 0.6 is 0 Å². The molecular formula is C9H10NO3+. The number of pyridine rings is 1. The van der Waals surface area contributed by atoms with Crippen LogP contribution in [-0.2, 0) is 11.2 Å². The largest absolute Gasteiger partial charge is 0.481 e. The van der Waals surface area contributed by atoms with Gasteiger partial charge in [0.25, 0.3) is 0 Å². The molecule has 0 unspecified atom stereocenters. The van der Waals surface area contributed by atoms with E-state index < -0.39 is 5.97 Å². The van der Waals surface area contributed by atoms with Crippen molar-refractivity contribution in [3.05, 3.63) is 30.1 Å². The van der Waals surface area contributed by atoms with E-state index in [2.05, 4.69) is 0 Å². The Kier molecular flexibility index (Phi) is 2.74. The first-order valence-electron chi connectivity index (χ1n) is 3.83. The van der Waals surface area contributed by atoms with E-state index in [9.17, 15) is 9.59 Å². The molecule has 0 fully saturated rings. The highest BCUT2D eigenvalue weighted by Gasteiger charge is 2.16. The van der Waals surface area contributed by atoms with Crippen molar-refractivity contribution in [3.8, 4) is 0 Å². The maximum atomic E-state index is 11.0. The fourth-order valence-corrected chi connectivity index (χ4v) is 1.08. The third-order valence-corrected chi connectivity index (χ3v) is 1.62. The maximum Gasteiger partial charge on any atom is 0.389 e. The van der Waals surface area contributed by atoms with E-state index in [-0.39, 0.29) is 12.3 Å². The van der Waals surface area contributed by atoms with Gasteiger partial charge in [0, 0.05) is 12.1 Å². The van der Waals surface area contributed by atoms with Gasteiger partial charge in [-0.25, -0.2) is 4.79 Å². The van der Waals surface area contributed by atoms with Gasteiger partial charge in [0.1, 0.15) is 6.42 Å². The smallest absolute Gasteiger partial charge is 0.389 e. The number of carboxylic acid groups (broad SMARTS) is 1. The van der Waals surface area contributed by atoms with Crippen LogP contribution in [0.25, 0.3) is 0 Å². The minimum atomic E-state index is -0.943. The molecule has 0 saturated heterocycles. The molecule has 1 rings (SSSR count). The van der Waals surface area contributed by atoms with Gasteiger partial charge in [-0.05, 0) is 0 Å². The molecule has 1 heterocycles. The number of hydrogen-bond acceptors (Lipinski definition) is 2. The van der Waals surface area contributed by atoms with E-state index in [1.165, 1.54) is 11.5 Å². The molecule has 0 radical (unpaired) electrons. The summed E-state index contributed by atoms with van der Waals surface area (Å²) in [5.41, 5.74) is 0.488. The summed E-state index contributed by atoms with van der Waals surface area (Å²) in [6.45, 7) is 1.39. The number of carbonyl (C=O) groups is 2. The normalized spacial score (nSPS) is 9.62. The lowest BCUT2D eigenvalue weighted by molar-refractivity contribution is -0.580. The first-order chi connectivity index (χ1) is 6.11. The van der Waals surface area contributed by atoms with E-state index in [0.29, 0.717) is 5.69 Å². The predicted molar refractivity (Wildman–Crippen MR) is 44.3 cm³/mol. The van der Waals surface area contributed by atoms with Gasteiger partial charge in [-0.1, -0.05) is 6.07 Å². The molecule has 4 nitrogen and oxygen atoms in total. The van der Waals surface area contributed by atoms with E-state index in [1.807, 2.05) is 0 Å².